The summed E-state index contributed by atoms with van der Waals surface area (Å²) in [7, 11) is 1.96. The molecule has 0 saturated carbocycles. The molecule has 0 aliphatic heterocycles. The summed E-state index contributed by atoms with van der Waals surface area (Å²) in [6.45, 7) is 6.46. The highest BCUT2D eigenvalue weighted by molar-refractivity contribution is 9.10. The average molecular weight is 300 g/mol. The molecular formula is C14H22BrNO. The third kappa shape index (κ3) is 4.00. The highest BCUT2D eigenvalue weighted by Crippen LogP contribution is 2.29. The van der Waals surface area contributed by atoms with Crippen LogP contribution in [0, 0.1) is 0 Å². The minimum Gasteiger partial charge on any atom is -0.490 e. The van der Waals surface area contributed by atoms with Crippen LogP contribution in [0.1, 0.15) is 45.2 Å². The Morgan fingerprint density at radius 2 is 1.94 bits per heavy atom. The van der Waals surface area contributed by atoms with Gasteiger partial charge >= 0.3 is 0 Å². The van der Waals surface area contributed by atoms with Gasteiger partial charge in [-0.15, -0.1) is 0 Å². The van der Waals surface area contributed by atoms with E-state index in [4.69, 9.17) is 4.74 Å². The van der Waals surface area contributed by atoms with Crippen molar-refractivity contribution in [1.29, 1.82) is 0 Å². The van der Waals surface area contributed by atoms with E-state index in [2.05, 4.69) is 48.1 Å². The molecule has 0 heterocycles. The summed E-state index contributed by atoms with van der Waals surface area (Å²) in [5.41, 5.74) is 1.20. The van der Waals surface area contributed by atoms with E-state index in [-0.39, 0.29) is 6.04 Å². The molecule has 96 valence electrons. The summed E-state index contributed by atoms with van der Waals surface area (Å²) in [5.74, 6) is 0.990. The van der Waals surface area contributed by atoms with E-state index >= 15 is 0 Å². The van der Waals surface area contributed by atoms with E-state index in [1.54, 1.807) is 0 Å². The Morgan fingerprint density at radius 3 is 2.47 bits per heavy atom. The minimum atomic E-state index is 0.289. The first-order valence-corrected chi connectivity index (χ1v) is 7.05. The molecule has 1 atom stereocenters. The third-order valence-corrected chi connectivity index (χ3v) is 3.57. The largest absolute Gasteiger partial charge is 0.490 e. The van der Waals surface area contributed by atoms with Crippen LogP contribution in [0.25, 0.3) is 0 Å². The van der Waals surface area contributed by atoms with Crippen molar-refractivity contribution in [2.24, 2.45) is 0 Å². The zero-order valence-electron chi connectivity index (χ0n) is 11.1. The first-order valence-electron chi connectivity index (χ1n) is 6.25. The van der Waals surface area contributed by atoms with Crippen LogP contribution in [0.3, 0.4) is 0 Å². The molecule has 1 unspecified atom stereocenters. The minimum absolute atomic E-state index is 0.289. The van der Waals surface area contributed by atoms with E-state index in [0.717, 1.165) is 23.1 Å². The van der Waals surface area contributed by atoms with Crippen molar-refractivity contribution in [3.8, 4) is 5.75 Å². The molecule has 0 saturated heterocycles. The van der Waals surface area contributed by atoms with Gasteiger partial charge in [-0.3, -0.25) is 0 Å². The quantitative estimate of drug-likeness (QED) is 0.846. The molecule has 3 heteroatoms. The summed E-state index contributed by atoms with van der Waals surface area (Å²) >= 11 is 3.51. The number of hydrogen-bond acceptors (Lipinski definition) is 2. The molecule has 0 aliphatic carbocycles. The molecular weight excluding hydrogens is 278 g/mol. The fourth-order valence-corrected chi connectivity index (χ4v) is 2.13. The van der Waals surface area contributed by atoms with Crippen LogP contribution >= 0.6 is 15.9 Å². The molecule has 0 fully saturated rings. The molecule has 1 rings (SSSR count). The van der Waals surface area contributed by atoms with E-state index in [1.807, 2.05) is 19.2 Å². The molecule has 2 nitrogen and oxygen atoms in total. The summed E-state index contributed by atoms with van der Waals surface area (Å²) in [6, 6.07) is 6.49. The molecule has 17 heavy (non-hydrogen) atoms. The lowest BCUT2D eigenvalue weighted by Gasteiger charge is -2.21. The molecule has 1 aromatic rings. The summed E-state index contributed by atoms with van der Waals surface area (Å²) in [5, 5.41) is 3.26. The third-order valence-electron chi connectivity index (χ3n) is 3.08. The van der Waals surface area contributed by atoms with Crippen molar-refractivity contribution >= 4 is 15.9 Å². The highest BCUT2D eigenvalue weighted by atomic mass is 79.9. The van der Waals surface area contributed by atoms with Crippen molar-refractivity contribution in [2.75, 3.05) is 7.05 Å². The van der Waals surface area contributed by atoms with Gasteiger partial charge in [-0.1, -0.05) is 29.8 Å². The Morgan fingerprint density at radius 1 is 1.29 bits per heavy atom. The van der Waals surface area contributed by atoms with Crippen LogP contribution in [0.2, 0.25) is 0 Å². The number of benzene rings is 1. The van der Waals surface area contributed by atoms with Gasteiger partial charge < -0.3 is 10.1 Å². The van der Waals surface area contributed by atoms with Crippen LogP contribution in [-0.2, 0) is 0 Å². The van der Waals surface area contributed by atoms with Gasteiger partial charge in [-0.2, -0.15) is 0 Å². The van der Waals surface area contributed by atoms with E-state index in [9.17, 15) is 0 Å². The first-order chi connectivity index (χ1) is 8.12. The Balaban J connectivity index is 2.97. The van der Waals surface area contributed by atoms with Gasteiger partial charge in [0.05, 0.1) is 6.10 Å². The number of ether oxygens (including phenoxy) is 1. The van der Waals surface area contributed by atoms with Crippen molar-refractivity contribution < 1.29 is 4.74 Å². The molecule has 0 spiro atoms. The predicted octanol–water partition coefficient (Wildman–Crippen LogP) is 4.30. The van der Waals surface area contributed by atoms with E-state index < -0.39 is 0 Å². The lowest BCUT2D eigenvalue weighted by molar-refractivity contribution is 0.190. The lowest BCUT2D eigenvalue weighted by atomic mass is 10.1. The molecule has 0 bridgehead atoms. The average Bonchev–Trinajstić information content (AvgIpc) is 2.36. The maximum atomic E-state index is 6.06. The van der Waals surface area contributed by atoms with Gasteiger partial charge in [-0.05, 0) is 45.0 Å². The van der Waals surface area contributed by atoms with Crippen LogP contribution < -0.4 is 10.1 Å². The molecule has 1 N–H and O–H groups in total. The van der Waals surface area contributed by atoms with Gasteiger partial charge in [0.15, 0.2) is 0 Å². The lowest BCUT2D eigenvalue weighted by Crippen LogP contribution is -2.18. The predicted molar refractivity (Wildman–Crippen MR) is 76.6 cm³/mol. The van der Waals surface area contributed by atoms with Gasteiger partial charge in [0.1, 0.15) is 5.75 Å². The van der Waals surface area contributed by atoms with Gasteiger partial charge in [0.2, 0.25) is 0 Å². The zero-order valence-corrected chi connectivity index (χ0v) is 12.7. The summed E-state index contributed by atoms with van der Waals surface area (Å²) in [6.07, 6.45) is 2.39. The van der Waals surface area contributed by atoms with Crippen molar-refractivity contribution in [1.82, 2.24) is 5.32 Å². The number of halogens is 1. The molecule has 0 aliphatic rings. The van der Waals surface area contributed by atoms with E-state index in [0.29, 0.717) is 6.10 Å². The zero-order chi connectivity index (χ0) is 12.8. The standard InChI is InChI=1S/C14H22BrNO/c1-5-12(6-2)17-14-8-7-11(15)9-13(14)10(3)16-4/h7-10,12,16H,5-6H2,1-4H3. The Labute approximate surface area is 113 Å². The second kappa shape index (κ2) is 7.02. The van der Waals surface area contributed by atoms with Crippen molar-refractivity contribution in [3.05, 3.63) is 28.2 Å². The van der Waals surface area contributed by atoms with Crippen LogP contribution in [-0.4, -0.2) is 13.2 Å². The van der Waals surface area contributed by atoms with Crippen molar-refractivity contribution in [3.63, 3.8) is 0 Å². The molecule has 1 aromatic carbocycles. The van der Waals surface area contributed by atoms with Crippen molar-refractivity contribution in [2.45, 2.75) is 45.8 Å². The highest BCUT2D eigenvalue weighted by Gasteiger charge is 2.13. The fraction of sp³-hybridized carbons (Fsp3) is 0.571. The molecule has 0 amide bonds. The van der Waals surface area contributed by atoms with Crippen LogP contribution in [0.4, 0.5) is 0 Å². The normalized spacial score (nSPS) is 12.8. The monoisotopic (exact) mass is 299 g/mol. The number of rotatable bonds is 6. The molecule has 0 aromatic heterocycles. The molecule has 0 radical (unpaired) electrons. The maximum Gasteiger partial charge on any atom is 0.124 e. The maximum absolute atomic E-state index is 6.06. The van der Waals surface area contributed by atoms with Gasteiger partial charge in [0.25, 0.3) is 0 Å². The Kier molecular flexibility index (Phi) is 6.00. The van der Waals surface area contributed by atoms with Crippen LogP contribution in [0.15, 0.2) is 22.7 Å². The van der Waals surface area contributed by atoms with E-state index in [1.165, 1.54) is 5.56 Å². The topological polar surface area (TPSA) is 21.3 Å². The number of nitrogens with one attached hydrogen (secondary N) is 1. The van der Waals surface area contributed by atoms with Gasteiger partial charge in [-0.25, -0.2) is 0 Å². The van der Waals surface area contributed by atoms with Crippen LogP contribution in [0.5, 0.6) is 5.75 Å². The second-order valence-electron chi connectivity index (χ2n) is 4.25. The summed E-state index contributed by atoms with van der Waals surface area (Å²) in [4.78, 5) is 0. The number of hydrogen-bond donors (Lipinski definition) is 1. The Bertz CT molecular complexity index is 350. The smallest absolute Gasteiger partial charge is 0.124 e. The first kappa shape index (κ1) is 14.5. The fourth-order valence-electron chi connectivity index (χ4n) is 1.76. The summed E-state index contributed by atoms with van der Waals surface area (Å²) < 4.78 is 7.15. The second-order valence-corrected chi connectivity index (χ2v) is 5.16. The SMILES string of the molecule is CCC(CC)Oc1ccc(Br)cc1C(C)NC. The van der Waals surface area contributed by atoms with Gasteiger partial charge in [0, 0.05) is 16.1 Å². The Hall–Kier alpha value is -0.540.